The second-order valence-corrected chi connectivity index (χ2v) is 9.05. The molecule has 194 valence electrons. The number of benzene rings is 2. The van der Waals surface area contributed by atoms with Gasteiger partial charge in [0.25, 0.3) is 5.56 Å². The van der Waals surface area contributed by atoms with Crippen molar-refractivity contribution >= 4 is 23.4 Å². The number of phenols is 1. The topological polar surface area (TPSA) is 109 Å². The summed E-state index contributed by atoms with van der Waals surface area (Å²) in [4.78, 5) is 31.9. The number of nitrogens with zero attached hydrogens (tertiary/aromatic N) is 2. The number of hydrogen-bond donors (Lipinski definition) is 1. The highest BCUT2D eigenvalue weighted by atomic mass is 32.1. The van der Waals surface area contributed by atoms with E-state index in [1.165, 1.54) is 11.7 Å². The number of methoxy groups -OCH3 is 2. The van der Waals surface area contributed by atoms with Gasteiger partial charge in [0.1, 0.15) is 0 Å². The molecule has 3 aromatic rings. The summed E-state index contributed by atoms with van der Waals surface area (Å²) in [7, 11) is 3.00. The van der Waals surface area contributed by atoms with E-state index >= 15 is 0 Å². The molecule has 0 saturated heterocycles. The standard InChI is InChI=1S/C27H28N2O7S/c1-6-35-20-13-16(11-12-18(20)33-4)23-22(26(32)36-7-2)15(3)28-27-29(23)25(31)21(37-27)14-17-9-8-10-19(34-5)24(17)30/h8-14,23,30H,6-7H2,1-5H3/b21-14+. The summed E-state index contributed by atoms with van der Waals surface area (Å²) in [5.41, 5.74) is 1.41. The summed E-state index contributed by atoms with van der Waals surface area (Å²) in [6.07, 6.45) is 1.59. The Labute approximate surface area is 217 Å². The van der Waals surface area contributed by atoms with Gasteiger partial charge in [0.05, 0.1) is 49.3 Å². The van der Waals surface area contributed by atoms with Gasteiger partial charge in [0, 0.05) is 5.56 Å². The molecular weight excluding hydrogens is 496 g/mol. The van der Waals surface area contributed by atoms with Crippen LogP contribution in [0.4, 0.5) is 0 Å². The molecule has 1 atom stereocenters. The number of allylic oxidation sites excluding steroid dienone is 1. The van der Waals surface area contributed by atoms with E-state index in [1.54, 1.807) is 63.4 Å². The molecule has 0 radical (unpaired) electrons. The van der Waals surface area contributed by atoms with Crippen molar-refractivity contribution in [3.63, 3.8) is 0 Å². The van der Waals surface area contributed by atoms with E-state index in [9.17, 15) is 14.7 Å². The van der Waals surface area contributed by atoms with Gasteiger partial charge in [-0.25, -0.2) is 9.79 Å². The molecule has 37 heavy (non-hydrogen) atoms. The number of fused-ring (bicyclic) bond motifs is 1. The Morgan fingerprint density at radius 2 is 1.86 bits per heavy atom. The molecule has 1 N–H and O–H groups in total. The zero-order valence-electron chi connectivity index (χ0n) is 21.2. The van der Waals surface area contributed by atoms with Crippen LogP contribution in [0, 0.1) is 0 Å². The molecule has 2 aromatic carbocycles. The molecule has 0 fully saturated rings. The Balaban J connectivity index is 1.98. The average Bonchev–Trinajstić information content (AvgIpc) is 3.19. The van der Waals surface area contributed by atoms with Crippen LogP contribution in [0.5, 0.6) is 23.0 Å². The van der Waals surface area contributed by atoms with Gasteiger partial charge in [-0.1, -0.05) is 29.5 Å². The number of para-hydroxylation sites is 1. The van der Waals surface area contributed by atoms with Crippen LogP contribution in [0.25, 0.3) is 6.08 Å². The van der Waals surface area contributed by atoms with E-state index in [0.717, 1.165) is 11.3 Å². The Hall–Kier alpha value is -4.05. The minimum Gasteiger partial charge on any atom is -0.504 e. The Kier molecular flexibility index (Phi) is 7.68. The number of hydrogen-bond acceptors (Lipinski definition) is 9. The first-order valence-electron chi connectivity index (χ1n) is 11.7. The van der Waals surface area contributed by atoms with Crippen LogP contribution in [0.2, 0.25) is 0 Å². The van der Waals surface area contributed by atoms with E-state index in [1.807, 2.05) is 6.92 Å². The molecule has 0 spiro atoms. The highest BCUT2D eigenvalue weighted by Crippen LogP contribution is 2.36. The molecule has 1 unspecified atom stereocenters. The fourth-order valence-corrected chi connectivity index (χ4v) is 5.24. The van der Waals surface area contributed by atoms with E-state index in [-0.39, 0.29) is 23.5 Å². The summed E-state index contributed by atoms with van der Waals surface area (Å²) in [6.45, 7) is 5.88. The molecule has 9 nitrogen and oxygen atoms in total. The van der Waals surface area contributed by atoms with E-state index < -0.39 is 12.0 Å². The zero-order valence-corrected chi connectivity index (χ0v) is 22.0. The quantitative estimate of drug-likeness (QED) is 0.452. The first-order chi connectivity index (χ1) is 17.8. The molecular formula is C27H28N2O7S. The number of carbonyl (C=O) groups is 1. The van der Waals surface area contributed by atoms with Crippen molar-refractivity contribution in [2.24, 2.45) is 4.99 Å². The van der Waals surface area contributed by atoms with Crippen LogP contribution >= 0.6 is 11.3 Å². The van der Waals surface area contributed by atoms with Gasteiger partial charge in [0.15, 0.2) is 27.8 Å². The minimum atomic E-state index is -0.804. The number of aromatic nitrogens is 1. The molecule has 0 aliphatic carbocycles. The number of ether oxygens (including phenoxy) is 4. The maximum Gasteiger partial charge on any atom is 0.338 e. The van der Waals surface area contributed by atoms with E-state index in [2.05, 4.69) is 4.99 Å². The maximum absolute atomic E-state index is 13.8. The summed E-state index contributed by atoms with van der Waals surface area (Å²) in [5.74, 6) is 0.685. The van der Waals surface area contributed by atoms with Crippen molar-refractivity contribution in [1.29, 1.82) is 0 Å². The fraction of sp³-hybridized carbons (Fsp3) is 0.296. The van der Waals surface area contributed by atoms with Gasteiger partial charge in [-0.05, 0) is 50.6 Å². The second-order valence-electron chi connectivity index (χ2n) is 8.04. The number of thiazole rings is 1. The van der Waals surface area contributed by atoms with Crippen molar-refractivity contribution in [3.05, 3.63) is 78.5 Å². The second kappa shape index (κ2) is 10.9. The van der Waals surface area contributed by atoms with E-state index in [4.69, 9.17) is 18.9 Å². The normalized spacial score (nSPS) is 15.2. The highest BCUT2D eigenvalue weighted by molar-refractivity contribution is 7.07. The summed E-state index contributed by atoms with van der Waals surface area (Å²) >= 11 is 1.16. The van der Waals surface area contributed by atoms with Gasteiger partial charge < -0.3 is 24.1 Å². The lowest BCUT2D eigenvalue weighted by molar-refractivity contribution is -0.139. The molecule has 1 aromatic heterocycles. The summed E-state index contributed by atoms with van der Waals surface area (Å²) < 4.78 is 23.5. The Morgan fingerprint density at radius 1 is 1.11 bits per heavy atom. The molecule has 1 aliphatic rings. The van der Waals surface area contributed by atoms with Gasteiger partial charge in [0.2, 0.25) is 0 Å². The predicted octanol–water partition coefficient (Wildman–Crippen LogP) is 2.92. The first-order valence-corrected chi connectivity index (χ1v) is 12.5. The molecule has 0 bridgehead atoms. The van der Waals surface area contributed by atoms with E-state index in [0.29, 0.717) is 50.0 Å². The van der Waals surface area contributed by atoms with Gasteiger partial charge in [-0.3, -0.25) is 9.36 Å². The number of aromatic hydroxyl groups is 1. The summed E-state index contributed by atoms with van der Waals surface area (Å²) in [5, 5.41) is 10.5. The lowest BCUT2D eigenvalue weighted by atomic mass is 9.95. The molecule has 0 amide bonds. The third-order valence-corrected chi connectivity index (χ3v) is 6.84. The average molecular weight is 525 g/mol. The van der Waals surface area contributed by atoms with Crippen molar-refractivity contribution in [2.45, 2.75) is 26.8 Å². The number of esters is 1. The van der Waals surface area contributed by atoms with Crippen LogP contribution in [0.15, 0.2) is 57.5 Å². The van der Waals surface area contributed by atoms with Crippen LogP contribution < -0.4 is 29.1 Å². The molecule has 10 heteroatoms. The zero-order chi connectivity index (χ0) is 26.7. The Bertz CT molecular complexity index is 1550. The van der Waals surface area contributed by atoms with Crippen LogP contribution in [-0.2, 0) is 9.53 Å². The van der Waals surface area contributed by atoms with Crippen LogP contribution in [0.3, 0.4) is 0 Å². The van der Waals surface area contributed by atoms with Crippen molar-refractivity contribution in [2.75, 3.05) is 27.4 Å². The number of carbonyl (C=O) groups excluding carboxylic acids is 1. The fourth-order valence-electron chi connectivity index (χ4n) is 4.20. The van der Waals surface area contributed by atoms with Crippen LogP contribution in [0.1, 0.15) is 37.9 Å². The SMILES string of the molecule is CCOC(=O)C1=C(C)N=c2s/c(=C/c3cccc(OC)c3O)c(=O)n2C1c1ccc(OC)c(OCC)c1. The summed E-state index contributed by atoms with van der Waals surface area (Å²) in [6, 6.07) is 9.51. The van der Waals surface area contributed by atoms with Gasteiger partial charge in [-0.2, -0.15) is 0 Å². The Morgan fingerprint density at radius 3 is 2.54 bits per heavy atom. The maximum atomic E-state index is 13.8. The molecule has 2 heterocycles. The van der Waals surface area contributed by atoms with Gasteiger partial charge >= 0.3 is 5.97 Å². The molecule has 4 rings (SSSR count). The third-order valence-electron chi connectivity index (χ3n) is 5.86. The molecule has 1 aliphatic heterocycles. The van der Waals surface area contributed by atoms with Crippen molar-refractivity contribution < 1.29 is 28.8 Å². The van der Waals surface area contributed by atoms with Crippen molar-refractivity contribution in [3.8, 4) is 23.0 Å². The lowest BCUT2D eigenvalue weighted by Gasteiger charge is -2.25. The highest BCUT2D eigenvalue weighted by Gasteiger charge is 2.34. The predicted molar refractivity (Wildman–Crippen MR) is 139 cm³/mol. The van der Waals surface area contributed by atoms with Crippen molar-refractivity contribution in [1.82, 2.24) is 4.57 Å². The smallest absolute Gasteiger partial charge is 0.338 e. The number of rotatable bonds is 8. The lowest BCUT2D eigenvalue weighted by Crippen LogP contribution is -2.40. The van der Waals surface area contributed by atoms with Gasteiger partial charge in [-0.15, -0.1) is 0 Å². The third kappa shape index (κ3) is 4.84. The monoisotopic (exact) mass is 524 g/mol. The minimum absolute atomic E-state index is 0.0766. The van der Waals surface area contributed by atoms with Crippen LogP contribution in [-0.4, -0.2) is 43.1 Å². The molecule has 0 saturated carbocycles. The first kappa shape index (κ1) is 26.0. The largest absolute Gasteiger partial charge is 0.504 e. The number of phenolic OH excluding ortho intramolecular Hbond substituents is 1.